The van der Waals surface area contributed by atoms with Crippen LogP contribution in [0, 0.1) is 0 Å². The van der Waals surface area contributed by atoms with E-state index in [-0.39, 0.29) is 12.4 Å². The molecule has 0 bridgehead atoms. The quantitative estimate of drug-likeness (QED) is 0.528. The lowest BCUT2D eigenvalue weighted by molar-refractivity contribution is 0.600. The Morgan fingerprint density at radius 1 is 1.33 bits per heavy atom. The number of nitrogens with two attached hydrogens (primary N) is 1. The van der Waals surface area contributed by atoms with Gasteiger partial charge in [0.2, 0.25) is 0 Å². The van der Waals surface area contributed by atoms with Gasteiger partial charge in [0.25, 0.3) is 0 Å². The van der Waals surface area contributed by atoms with Gasteiger partial charge < -0.3 is 11.1 Å². The third kappa shape index (κ3) is 3.73. The van der Waals surface area contributed by atoms with Crippen molar-refractivity contribution in [1.29, 1.82) is 0 Å². The van der Waals surface area contributed by atoms with E-state index in [1.165, 1.54) is 19.3 Å². The molecular formula is C6H15ClN2. The average molecular weight is 151 g/mol. The van der Waals surface area contributed by atoms with E-state index in [9.17, 15) is 0 Å². The largest absolute Gasteiger partial charge is 0.327 e. The molecule has 1 rings (SSSR count). The number of nitrogens with one attached hydrogen (secondary N) is 1. The van der Waals surface area contributed by atoms with Crippen LogP contribution < -0.4 is 11.1 Å². The number of halogens is 1. The lowest BCUT2D eigenvalue weighted by Gasteiger charge is -2.04. The molecule has 0 aromatic carbocycles. The minimum atomic E-state index is 0. The van der Waals surface area contributed by atoms with E-state index in [2.05, 4.69) is 5.32 Å². The molecule has 1 aliphatic rings. The van der Waals surface area contributed by atoms with E-state index in [4.69, 9.17) is 5.73 Å². The highest BCUT2D eigenvalue weighted by molar-refractivity contribution is 5.85. The summed E-state index contributed by atoms with van der Waals surface area (Å²) < 4.78 is 0. The maximum atomic E-state index is 5.67. The summed E-state index contributed by atoms with van der Waals surface area (Å²) in [5.74, 6) is 0. The number of rotatable bonds is 0. The van der Waals surface area contributed by atoms with E-state index in [1.807, 2.05) is 0 Å². The fraction of sp³-hybridized carbons (Fsp3) is 1.00. The molecule has 3 N–H and O–H groups in total. The van der Waals surface area contributed by atoms with Crippen molar-refractivity contribution >= 4 is 12.4 Å². The third-order valence-electron chi connectivity index (χ3n) is 1.58. The van der Waals surface area contributed by atoms with Crippen LogP contribution in [0.2, 0.25) is 0 Å². The Hall–Kier alpha value is 0.210. The lowest BCUT2D eigenvalue weighted by atomic mass is 10.2. The standard InChI is InChI=1S/C6H14N2.ClH/c7-6-3-1-2-4-8-5-6;/h6,8H,1-5,7H2;1H/t6-;/m0./s1. The van der Waals surface area contributed by atoms with Crippen LogP contribution in [0.15, 0.2) is 0 Å². The Kier molecular flexibility index (Phi) is 5.15. The Labute approximate surface area is 62.6 Å². The Bertz CT molecular complexity index is 60.1. The minimum absolute atomic E-state index is 0. The fourth-order valence-electron chi connectivity index (χ4n) is 1.05. The van der Waals surface area contributed by atoms with Crippen LogP contribution in [0.3, 0.4) is 0 Å². The van der Waals surface area contributed by atoms with E-state index < -0.39 is 0 Å². The van der Waals surface area contributed by atoms with Crippen molar-refractivity contribution < 1.29 is 0 Å². The summed E-state index contributed by atoms with van der Waals surface area (Å²) in [4.78, 5) is 0. The molecule has 1 aliphatic heterocycles. The molecule has 0 saturated carbocycles. The van der Waals surface area contributed by atoms with Gasteiger partial charge in [0, 0.05) is 12.6 Å². The molecule has 1 atom stereocenters. The van der Waals surface area contributed by atoms with Crippen LogP contribution in [0.25, 0.3) is 0 Å². The lowest BCUT2D eigenvalue weighted by Crippen LogP contribution is -2.31. The summed E-state index contributed by atoms with van der Waals surface area (Å²) in [6.45, 7) is 2.17. The van der Waals surface area contributed by atoms with Gasteiger partial charge in [-0.25, -0.2) is 0 Å². The second-order valence-electron chi connectivity index (χ2n) is 2.46. The van der Waals surface area contributed by atoms with Crippen LogP contribution in [0.1, 0.15) is 19.3 Å². The van der Waals surface area contributed by atoms with Gasteiger partial charge in [-0.2, -0.15) is 0 Å². The summed E-state index contributed by atoms with van der Waals surface area (Å²) in [5, 5.41) is 3.27. The monoisotopic (exact) mass is 150 g/mol. The summed E-state index contributed by atoms with van der Waals surface area (Å²) in [6.07, 6.45) is 3.80. The topological polar surface area (TPSA) is 38.0 Å². The van der Waals surface area contributed by atoms with Crippen LogP contribution >= 0.6 is 12.4 Å². The number of hydrogen-bond donors (Lipinski definition) is 2. The number of hydrogen-bond acceptors (Lipinski definition) is 2. The summed E-state index contributed by atoms with van der Waals surface area (Å²) in [7, 11) is 0. The highest BCUT2D eigenvalue weighted by atomic mass is 35.5. The van der Waals surface area contributed by atoms with Crippen LogP contribution in [-0.4, -0.2) is 19.1 Å². The van der Waals surface area contributed by atoms with Crippen molar-refractivity contribution in [2.75, 3.05) is 13.1 Å². The average Bonchev–Trinajstić information content (AvgIpc) is 1.94. The first-order valence-electron chi connectivity index (χ1n) is 3.36. The molecule has 0 spiro atoms. The molecule has 56 valence electrons. The zero-order chi connectivity index (χ0) is 5.82. The van der Waals surface area contributed by atoms with Gasteiger partial charge in [0.15, 0.2) is 0 Å². The van der Waals surface area contributed by atoms with Crippen molar-refractivity contribution in [3.05, 3.63) is 0 Å². The molecule has 0 unspecified atom stereocenters. The van der Waals surface area contributed by atoms with Crippen LogP contribution in [0.5, 0.6) is 0 Å². The fourth-order valence-corrected chi connectivity index (χ4v) is 1.05. The molecule has 1 fully saturated rings. The molecule has 0 aromatic rings. The second kappa shape index (κ2) is 5.03. The molecule has 0 aliphatic carbocycles. The SMILES string of the molecule is Cl.N[C@H]1CCCCNC1. The third-order valence-corrected chi connectivity index (χ3v) is 1.58. The smallest absolute Gasteiger partial charge is 0.0165 e. The normalized spacial score (nSPS) is 28.3. The molecule has 9 heavy (non-hydrogen) atoms. The first-order valence-corrected chi connectivity index (χ1v) is 3.36. The molecule has 0 amide bonds. The zero-order valence-corrected chi connectivity index (χ0v) is 6.41. The predicted molar refractivity (Wildman–Crippen MR) is 41.9 cm³/mol. The highest BCUT2D eigenvalue weighted by Crippen LogP contribution is 2.00. The van der Waals surface area contributed by atoms with Crippen molar-refractivity contribution in [3.63, 3.8) is 0 Å². The van der Waals surface area contributed by atoms with Gasteiger partial charge >= 0.3 is 0 Å². The first-order chi connectivity index (χ1) is 3.89. The molecular weight excluding hydrogens is 136 g/mol. The van der Waals surface area contributed by atoms with Crippen molar-refractivity contribution in [2.24, 2.45) is 5.73 Å². The highest BCUT2D eigenvalue weighted by Gasteiger charge is 2.04. The van der Waals surface area contributed by atoms with Gasteiger partial charge in [-0.1, -0.05) is 6.42 Å². The molecule has 2 nitrogen and oxygen atoms in total. The van der Waals surface area contributed by atoms with E-state index in [0.29, 0.717) is 6.04 Å². The van der Waals surface area contributed by atoms with Gasteiger partial charge in [-0.3, -0.25) is 0 Å². The van der Waals surface area contributed by atoms with E-state index in [1.54, 1.807) is 0 Å². The zero-order valence-electron chi connectivity index (χ0n) is 5.60. The molecule has 0 radical (unpaired) electrons. The van der Waals surface area contributed by atoms with Crippen LogP contribution in [-0.2, 0) is 0 Å². The first kappa shape index (κ1) is 9.21. The van der Waals surface area contributed by atoms with Crippen molar-refractivity contribution in [1.82, 2.24) is 5.32 Å². The molecule has 0 aromatic heterocycles. The molecule has 3 heteroatoms. The Morgan fingerprint density at radius 2 is 2.11 bits per heavy atom. The van der Waals surface area contributed by atoms with E-state index in [0.717, 1.165) is 13.1 Å². The minimum Gasteiger partial charge on any atom is -0.327 e. The summed E-state index contributed by atoms with van der Waals surface area (Å²) >= 11 is 0. The maximum Gasteiger partial charge on any atom is 0.0165 e. The Balaban J connectivity index is 0.000000640. The predicted octanol–water partition coefficient (Wildman–Crippen LogP) is 0.509. The van der Waals surface area contributed by atoms with Crippen molar-refractivity contribution in [2.45, 2.75) is 25.3 Å². The van der Waals surface area contributed by atoms with E-state index >= 15 is 0 Å². The van der Waals surface area contributed by atoms with Crippen molar-refractivity contribution in [3.8, 4) is 0 Å². The second-order valence-corrected chi connectivity index (χ2v) is 2.46. The van der Waals surface area contributed by atoms with Gasteiger partial charge in [0.05, 0.1) is 0 Å². The maximum absolute atomic E-state index is 5.67. The molecule has 1 saturated heterocycles. The Morgan fingerprint density at radius 3 is 2.89 bits per heavy atom. The van der Waals surface area contributed by atoms with Gasteiger partial charge in [-0.05, 0) is 19.4 Å². The summed E-state index contributed by atoms with van der Waals surface area (Å²) in [6, 6.07) is 0.414. The van der Waals surface area contributed by atoms with Crippen LogP contribution in [0.4, 0.5) is 0 Å². The summed E-state index contributed by atoms with van der Waals surface area (Å²) in [5.41, 5.74) is 5.67. The van der Waals surface area contributed by atoms with Gasteiger partial charge in [-0.15, -0.1) is 12.4 Å². The van der Waals surface area contributed by atoms with Gasteiger partial charge in [0.1, 0.15) is 0 Å². The molecule has 1 heterocycles.